The molecule has 0 saturated heterocycles. The van der Waals surface area contributed by atoms with E-state index in [9.17, 15) is 43.2 Å². The van der Waals surface area contributed by atoms with E-state index in [1.165, 1.54) is 186 Å². The Morgan fingerprint density at radius 2 is 0.500 bits per heavy atom. The molecule has 0 radical (unpaired) electrons. The van der Waals surface area contributed by atoms with E-state index in [1.54, 1.807) is 0 Å². The lowest BCUT2D eigenvalue weighted by molar-refractivity contribution is -0.161. The van der Waals surface area contributed by atoms with Crippen molar-refractivity contribution in [3.8, 4) is 0 Å². The summed E-state index contributed by atoms with van der Waals surface area (Å²) in [6.07, 6.45) is 51.2. The minimum Gasteiger partial charge on any atom is -0.462 e. The van der Waals surface area contributed by atoms with E-state index in [4.69, 9.17) is 37.0 Å². The van der Waals surface area contributed by atoms with Crippen molar-refractivity contribution in [2.45, 2.75) is 408 Å². The summed E-state index contributed by atoms with van der Waals surface area (Å²) in [4.78, 5) is 72.9. The van der Waals surface area contributed by atoms with Crippen LogP contribution in [0.2, 0.25) is 0 Å². The van der Waals surface area contributed by atoms with Gasteiger partial charge in [0.1, 0.15) is 19.3 Å². The molecule has 570 valence electrons. The second kappa shape index (κ2) is 66.3. The Kier molecular flexibility index (Phi) is 65.0. The zero-order valence-corrected chi connectivity index (χ0v) is 64.8. The molecule has 0 heterocycles. The Morgan fingerprint density at radius 3 is 0.740 bits per heavy atom. The standard InChI is InChI=1S/C77H150O17P2/c1-9-69(7)55-47-39-31-25-21-22-26-32-41-49-57-74(79)87-63-72(93-76(81)59-51-43-33-27-19-15-13-11-12-14-17-23-29-37-45-53-67(3)4)65-91-95(83,84)89-61-71(78)62-90-96(85,86)92-66-73(64-88-75(80)58-50-42-36-35-40-48-56-70(8)10-2)94-77(82)60-52-44-34-28-20-16-18-24-30-38-46-54-68(5)6/h67-73,78H,9-66H2,1-8H3,(H,83,84)(H,85,86)/t69?,70?,71-,72-,73-/m1/s1. The van der Waals surface area contributed by atoms with Gasteiger partial charge in [0.2, 0.25) is 0 Å². The monoisotopic (exact) mass is 1410 g/mol. The Labute approximate surface area is 588 Å². The minimum absolute atomic E-state index is 0.105. The van der Waals surface area contributed by atoms with Crippen LogP contribution in [0, 0.1) is 23.7 Å². The molecule has 0 aliphatic carbocycles. The predicted octanol–water partition coefficient (Wildman–Crippen LogP) is 22.4. The minimum atomic E-state index is -4.96. The maximum Gasteiger partial charge on any atom is 0.472 e. The Bertz CT molecular complexity index is 1890. The number of esters is 4. The maximum atomic E-state index is 13.1. The SMILES string of the molecule is CCC(C)CCCCCCCCCCCCC(=O)OC[C@H](COP(=O)(O)OC[C@@H](O)COP(=O)(O)OC[C@@H](COC(=O)CCCCCCCCC(C)CC)OC(=O)CCCCCCCCCCCCCC(C)C)OC(=O)CCCCCCCCCCCCCCCCCC(C)C. The van der Waals surface area contributed by atoms with Crippen molar-refractivity contribution < 1.29 is 80.2 Å². The van der Waals surface area contributed by atoms with Gasteiger partial charge in [-0.1, -0.05) is 338 Å². The van der Waals surface area contributed by atoms with Crippen LogP contribution in [0.1, 0.15) is 389 Å². The number of rotatable bonds is 74. The van der Waals surface area contributed by atoms with E-state index in [0.29, 0.717) is 25.7 Å². The van der Waals surface area contributed by atoms with Gasteiger partial charge < -0.3 is 33.8 Å². The number of unbranched alkanes of at least 4 members (excludes halogenated alkanes) is 38. The van der Waals surface area contributed by atoms with Crippen LogP contribution in [-0.2, 0) is 65.4 Å². The quantitative estimate of drug-likeness (QED) is 0.0222. The Morgan fingerprint density at radius 1 is 0.292 bits per heavy atom. The lowest BCUT2D eigenvalue weighted by Gasteiger charge is -2.21. The van der Waals surface area contributed by atoms with Gasteiger partial charge in [-0.3, -0.25) is 37.3 Å². The predicted molar refractivity (Wildman–Crippen MR) is 391 cm³/mol. The fourth-order valence-corrected chi connectivity index (χ4v) is 13.2. The van der Waals surface area contributed by atoms with Crippen molar-refractivity contribution in [2.75, 3.05) is 39.6 Å². The number of carbonyl (C=O) groups excluding carboxylic acids is 4. The molecular formula is C77H150O17P2. The number of hydrogen-bond donors (Lipinski definition) is 3. The zero-order chi connectivity index (χ0) is 71.0. The highest BCUT2D eigenvalue weighted by Crippen LogP contribution is 2.45. The molecule has 3 N–H and O–H groups in total. The van der Waals surface area contributed by atoms with Crippen LogP contribution in [0.15, 0.2) is 0 Å². The van der Waals surface area contributed by atoms with Crippen molar-refractivity contribution >= 4 is 39.5 Å². The molecule has 19 heteroatoms. The molecule has 0 bridgehead atoms. The van der Waals surface area contributed by atoms with Crippen LogP contribution in [0.4, 0.5) is 0 Å². The molecule has 0 rings (SSSR count). The zero-order valence-electron chi connectivity index (χ0n) is 63.0. The van der Waals surface area contributed by atoms with Crippen LogP contribution in [0.3, 0.4) is 0 Å². The van der Waals surface area contributed by atoms with Crippen LogP contribution in [0.5, 0.6) is 0 Å². The van der Waals surface area contributed by atoms with Gasteiger partial charge >= 0.3 is 39.5 Å². The normalized spacial score (nSPS) is 14.7. The summed E-state index contributed by atoms with van der Waals surface area (Å²) in [5.41, 5.74) is 0. The van der Waals surface area contributed by atoms with Crippen molar-refractivity contribution in [3.63, 3.8) is 0 Å². The number of carbonyl (C=O) groups is 4. The molecule has 0 aromatic carbocycles. The van der Waals surface area contributed by atoms with Crippen molar-refractivity contribution in [2.24, 2.45) is 23.7 Å². The molecular weight excluding hydrogens is 1260 g/mol. The van der Waals surface area contributed by atoms with Gasteiger partial charge in [0.25, 0.3) is 0 Å². The summed E-state index contributed by atoms with van der Waals surface area (Å²) < 4.78 is 68.6. The molecule has 0 fully saturated rings. The average molecular weight is 1410 g/mol. The molecule has 96 heavy (non-hydrogen) atoms. The van der Waals surface area contributed by atoms with Crippen molar-refractivity contribution in [1.29, 1.82) is 0 Å². The number of hydrogen-bond acceptors (Lipinski definition) is 15. The first-order chi connectivity index (χ1) is 46.2. The molecule has 0 aromatic heterocycles. The fourth-order valence-electron chi connectivity index (χ4n) is 11.7. The molecule has 0 aliphatic rings. The van der Waals surface area contributed by atoms with Crippen LogP contribution in [-0.4, -0.2) is 96.7 Å². The van der Waals surface area contributed by atoms with Crippen molar-refractivity contribution in [1.82, 2.24) is 0 Å². The van der Waals surface area contributed by atoms with Gasteiger partial charge in [0, 0.05) is 25.7 Å². The number of aliphatic hydroxyl groups is 1. The molecule has 0 saturated carbocycles. The van der Waals surface area contributed by atoms with E-state index in [-0.39, 0.29) is 25.7 Å². The van der Waals surface area contributed by atoms with Gasteiger partial charge in [-0.15, -0.1) is 0 Å². The maximum absolute atomic E-state index is 13.1. The molecule has 0 aliphatic heterocycles. The van der Waals surface area contributed by atoms with Crippen LogP contribution < -0.4 is 0 Å². The van der Waals surface area contributed by atoms with E-state index in [2.05, 4.69) is 55.4 Å². The van der Waals surface area contributed by atoms with E-state index < -0.39 is 97.5 Å². The highest BCUT2D eigenvalue weighted by atomic mass is 31.2. The highest BCUT2D eigenvalue weighted by Gasteiger charge is 2.30. The molecule has 17 nitrogen and oxygen atoms in total. The number of aliphatic hydroxyl groups excluding tert-OH is 1. The van der Waals surface area contributed by atoms with Gasteiger partial charge in [0.05, 0.1) is 26.4 Å². The Hall–Kier alpha value is -1.94. The summed E-state index contributed by atoms with van der Waals surface area (Å²) in [5, 5.41) is 10.6. The number of phosphoric ester groups is 2. The third kappa shape index (κ3) is 67.9. The van der Waals surface area contributed by atoms with E-state index in [1.807, 2.05) is 0 Å². The fraction of sp³-hybridized carbons (Fsp3) is 0.948. The summed E-state index contributed by atoms with van der Waals surface area (Å²) in [6, 6.07) is 0. The molecule has 7 atom stereocenters. The molecule has 0 aromatic rings. The Balaban J connectivity index is 5.26. The van der Waals surface area contributed by atoms with Gasteiger partial charge in [-0.25, -0.2) is 9.13 Å². The largest absolute Gasteiger partial charge is 0.472 e. The van der Waals surface area contributed by atoms with Crippen molar-refractivity contribution in [3.05, 3.63) is 0 Å². The molecule has 0 spiro atoms. The van der Waals surface area contributed by atoms with Gasteiger partial charge in [-0.2, -0.15) is 0 Å². The lowest BCUT2D eigenvalue weighted by Crippen LogP contribution is -2.30. The third-order valence-corrected chi connectivity index (χ3v) is 20.4. The van der Waals surface area contributed by atoms with Crippen LogP contribution >= 0.6 is 15.6 Å². The first-order valence-electron chi connectivity index (χ1n) is 39.8. The molecule has 4 unspecified atom stereocenters. The second-order valence-electron chi connectivity index (χ2n) is 29.2. The third-order valence-electron chi connectivity index (χ3n) is 18.5. The summed E-state index contributed by atoms with van der Waals surface area (Å²) >= 11 is 0. The lowest BCUT2D eigenvalue weighted by atomic mass is 9.99. The molecule has 0 amide bonds. The topological polar surface area (TPSA) is 237 Å². The van der Waals surface area contributed by atoms with E-state index in [0.717, 1.165) is 120 Å². The van der Waals surface area contributed by atoms with Gasteiger partial charge in [-0.05, 0) is 49.4 Å². The summed E-state index contributed by atoms with van der Waals surface area (Å²) in [5.74, 6) is 0.988. The second-order valence-corrected chi connectivity index (χ2v) is 32.1. The van der Waals surface area contributed by atoms with Gasteiger partial charge in [0.15, 0.2) is 12.2 Å². The highest BCUT2D eigenvalue weighted by molar-refractivity contribution is 7.47. The first-order valence-corrected chi connectivity index (χ1v) is 42.8. The van der Waals surface area contributed by atoms with E-state index >= 15 is 0 Å². The number of ether oxygens (including phenoxy) is 4. The number of phosphoric acid groups is 2. The average Bonchev–Trinajstić information content (AvgIpc) is 1.45. The first kappa shape index (κ1) is 94.1. The van der Waals surface area contributed by atoms with Crippen LogP contribution in [0.25, 0.3) is 0 Å². The smallest absolute Gasteiger partial charge is 0.462 e. The summed E-state index contributed by atoms with van der Waals surface area (Å²) in [6.45, 7) is 14.2. The summed E-state index contributed by atoms with van der Waals surface area (Å²) in [7, 11) is -9.92.